The first kappa shape index (κ1) is 38.2. The Morgan fingerprint density at radius 1 is 0.851 bits per heavy atom. The lowest BCUT2D eigenvalue weighted by Gasteiger charge is -2.26. The standard InChI is InChI=1S/C41H56N3O2.BrH/c1-6-7-8-9-10-11-12-13-14-15-16-19-28-46-39-29-35(23-26-38(39)41(3,4)5)32-44(33(2)45)36-24-21-34(22-25-36)30-40-42-31-37-20-17-18-27-43(37)40;/h17-18,20-27,29H,6-16,19,28,30,32H2,1-5H3;1H/q+1;/p-1. The number of amides is 1. The number of benzene rings is 2. The second-order valence-electron chi connectivity index (χ2n) is 13.9. The minimum atomic E-state index is -0.0293. The predicted molar refractivity (Wildman–Crippen MR) is 193 cm³/mol. The van der Waals surface area contributed by atoms with Gasteiger partial charge in [0.25, 0.3) is 0 Å². The number of nitrogens with zero attached hydrogens (tertiary/aromatic N) is 3. The Morgan fingerprint density at radius 3 is 2.09 bits per heavy atom. The van der Waals surface area contributed by atoms with Crippen molar-refractivity contribution in [2.24, 2.45) is 4.99 Å². The van der Waals surface area contributed by atoms with E-state index in [9.17, 15) is 4.79 Å². The number of carbonyl (C=O) groups excluding carboxylic acids is 1. The van der Waals surface area contributed by atoms with Gasteiger partial charge < -0.3 is 26.6 Å². The molecule has 0 unspecified atom stereocenters. The zero-order valence-corrected chi connectivity index (χ0v) is 31.1. The molecule has 2 aliphatic heterocycles. The van der Waals surface area contributed by atoms with Crippen LogP contribution in [-0.4, -0.2) is 23.2 Å². The van der Waals surface area contributed by atoms with Gasteiger partial charge in [0.1, 0.15) is 5.75 Å². The van der Waals surface area contributed by atoms with Gasteiger partial charge in [0.05, 0.1) is 25.6 Å². The van der Waals surface area contributed by atoms with Crippen LogP contribution in [0.4, 0.5) is 5.69 Å². The van der Waals surface area contributed by atoms with Gasteiger partial charge in [-0.2, -0.15) is 0 Å². The van der Waals surface area contributed by atoms with E-state index >= 15 is 0 Å². The van der Waals surface area contributed by atoms with E-state index in [1.54, 1.807) is 6.92 Å². The van der Waals surface area contributed by atoms with Gasteiger partial charge in [-0.3, -0.25) is 4.79 Å². The molecule has 0 saturated carbocycles. The number of amidine groups is 1. The van der Waals surface area contributed by atoms with Crippen LogP contribution in [0.2, 0.25) is 0 Å². The normalized spacial score (nSPS) is 13.4. The zero-order chi connectivity index (χ0) is 32.8. The molecule has 2 aliphatic rings. The Hall–Kier alpha value is -3.21. The number of halogens is 1. The second kappa shape index (κ2) is 19.6. The highest BCUT2D eigenvalue weighted by molar-refractivity contribution is 5.92. The Bertz CT molecular complexity index is 1380. The molecule has 5 nitrogen and oxygen atoms in total. The number of hydrogen-bond acceptors (Lipinski definition) is 4. The molecular formula is C41H56BrN3O2. The molecule has 0 N–H and O–H groups in total. The second-order valence-corrected chi connectivity index (χ2v) is 13.9. The van der Waals surface area contributed by atoms with Crippen LogP contribution >= 0.6 is 0 Å². The number of aliphatic imine (C=N–C) groups is 1. The largest absolute Gasteiger partial charge is 1.00 e. The number of unbranched alkanes of at least 4 members (excludes halogenated alkanes) is 11. The van der Waals surface area contributed by atoms with Crippen LogP contribution in [0.15, 0.2) is 77.6 Å². The molecule has 0 spiro atoms. The van der Waals surface area contributed by atoms with Crippen molar-refractivity contribution in [1.29, 1.82) is 0 Å². The Morgan fingerprint density at radius 2 is 1.47 bits per heavy atom. The number of fused-ring (bicyclic) bond motifs is 1. The van der Waals surface area contributed by atoms with Crippen molar-refractivity contribution >= 4 is 17.4 Å². The van der Waals surface area contributed by atoms with Crippen molar-refractivity contribution in [2.75, 3.05) is 11.5 Å². The Labute approximate surface area is 295 Å². The number of hydrogen-bond donors (Lipinski definition) is 0. The third kappa shape index (κ3) is 12.1. The van der Waals surface area contributed by atoms with E-state index in [2.05, 4.69) is 74.1 Å². The summed E-state index contributed by atoms with van der Waals surface area (Å²) in [4.78, 5) is 21.2. The summed E-state index contributed by atoms with van der Waals surface area (Å²) in [5.41, 5.74) is 5.23. The van der Waals surface area contributed by atoms with Crippen LogP contribution < -0.4 is 26.6 Å². The van der Waals surface area contributed by atoms with Crippen LogP contribution in [0.5, 0.6) is 5.75 Å². The molecule has 6 heteroatoms. The summed E-state index contributed by atoms with van der Waals surface area (Å²) >= 11 is 0. The summed E-state index contributed by atoms with van der Waals surface area (Å²) < 4.78 is 6.43. The van der Waals surface area contributed by atoms with Gasteiger partial charge in [-0.15, -0.1) is 0 Å². The molecule has 0 aliphatic carbocycles. The fourth-order valence-corrected chi connectivity index (χ4v) is 6.13. The molecule has 2 aromatic carbocycles. The lowest BCUT2D eigenvalue weighted by Crippen LogP contribution is -3.00. The molecule has 254 valence electrons. The summed E-state index contributed by atoms with van der Waals surface area (Å²) in [6.07, 6.45) is 27.8. The summed E-state index contributed by atoms with van der Waals surface area (Å²) in [5, 5.41) is 0. The lowest BCUT2D eigenvalue weighted by molar-refractivity contribution is -0.116. The zero-order valence-electron chi connectivity index (χ0n) is 29.5. The average molecular weight is 703 g/mol. The third-order valence-electron chi connectivity index (χ3n) is 8.88. The van der Waals surface area contributed by atoms with Crippen LogP contribution in [0, 0.1) is 6.20 Å². The van der Waals surface area contributed by atoms with Gasteiger partial charge in [-0.25, -0.2) is 4.90 Å². The van der Waals surface area contributed by atoms with Gasteiger partial charge in [0.15, 0.2) is 6.20 Å². The van der Waals surface area contributed by atoms with E-state index in [-0.39, 0.29) is 28.3 Å². The smallest absolute Gasteiger partial charge is 0.247 e. The minimum Gasteiger partial charge on any atom is -1.00 e. The van der Waals surface area contributed by atoms with Gasteiger partial charge in [0.2, 0.25) is 17.4 Å². The highest BCUT2D eigenvalue weighted by Crippen LogP contribution is 2.33. The molecule has 0 fully saturated rings. The van der Waals surface area contributed by atoms with Crippen LogP contribution in [-0.2, 0) is 23.2 Å². The maximum absolute atomic E-state index is 12.8. The number of rotatable bonds is 19. The fourth-order valence-electron chi connectivity index (χ4n) is 6.13. The fraction of sp³-hybridized carbons (Fsp3) is 0.512. The molecule has 0 radical (unpaired) electrons. The molecule has 4 rings (SSSR count). The van der Waals surface area contributed by atoms with Gasteiger partial charge in [0, 0.05) is 18.8 Å². The number of ether oxygens (including phenoxy) is 1. The quantitative estimate of drug-likeness (QED) is 0.112. The summed E-state index contributed by atoms with van der Waals surface area (Å²) in [6, 6.07) is 14.7. The van der Waals surface area contributed by atoms with Gasteiger partial charge in [-0.1, -0.05) is 128 Å². The monoisotopic (exact) mass is 701 g/mol. The van der Waals surface area contributed by atoms with Crippen molar-refractivity contribution in [3.63, 3.8) is 0 Å². The molecule has 0 atom stereocenters. The van der Waals surface area contributed by atoms with E-state index in [0.29, 0.717) is 13.0 Å². The number of anilines is 1. The molecular weight excluding hydrogens is 646 g/mol. The Balaban J connectivity index is 0.00000600. The van der Waals surface area contributed by atoms with Crippen LogP contribution in [0.1, 0.15) is 128 Å². The number of allylic oxidation sites excluding steroid dienone is 3. The highest BCUT2D eigenvalue weighted by Gasteiger charge is 2.28. The molecule has 1 amide bonds. The summed E-state index contributed by atoms with van der Waals surface area (Å²) in [6.45, 7) is 11.8. The van der Waals surface area contributed by atoms with Crippen molar-refractivity contribution in [3.8, 4) is 5.75 Å². The minimum absolute atomic E-state index is 0. The van der Waals surface area contributed by atoms with Crippen molar-refractivity contribution in [2.45, 2.75) is 130 Å². The highest BCUT2D eigenvalue weighted by atomic mass is 79.9. The van der Waals surface area contributed by atoms with E-state index < -0.39 is 0 Å². The van der Waals surface area contributed by atoms with Gasteiger partial charge >= 0.3 is 0 Å². The lowest BCUT2D eigenvalue weighted by atomic mass is 9.85. The molecule has 47 heavy (non-hydrogen) atoms. The van der Waals surface area contributed by atoms with E-state index in [1.165, 1.54) is 76.2 Å². The molecule has 2 aromatic rings. The van der Waals surface area contributed by atoms with E-state index in [4.69, 9.17) is 4.74 Å². The predicted octanol–water partition coefficient (Wildman–Crippen LogP) is 7.61. The van der Waals surface area contributed by atoms with Crippen molar-refractivity contribution < 1.29 is 26.5 Å². The van der Waals surface area contributed by atoms with Crippen LogP contribution in [0.25, 0.3) is 0 Å². The molecule has 2 heterocycles. The third-order valence-corrected chi connectivity index (χ3v) is 8.88. The first-order valence-electron chi connectivity index (χ1n) is 17.7. The molecule has 0 saturated heterocycles. The molecule has 0 bridgehead atoms. The average Bonchev–Trinajstić information content (AvgIpc) is 3.44. The topological polar surface area (TPSA) is 45.1 Å². The number of carbonyl (C=O) groups is 1. The van der Waals surface area contributed by atoms with Crippen molar-refractivity contribution in [3.05, 3.63) is 95.5 Å². The van der Waals surface area contributed by atoms with Gasteiger partial charge in [-0.05, 0) is 58.9 Å². The van der Waals surface area contributed by atoms with Crippen molar-refractivity contribution in [1.82, 2.24) is 4.90 Å². The summed E-state index contributed by atoms with van der Waals surface area (Å²) in [5.74, 6) is 1.90. The van der Waals surface area contributed by atoms with E-state index in [1.807, 2.05) is 41.5 Å². The first-order valence-corrected chi connectivity index (χ1v) is 17.7. The Kier molecular flexibility index (Phi) is 15.9. The summed E-state index contributed by atoms with van der Waals surface area (Å²) in [7, 11) is 0. The maximum Gasteiger partial charge on any atom is 0.247 e. The van der Waals surface area contributed by atoms with E-state index in [0.717, 1.165) is 47.1 Å². The maximum atomic E-state index is 12.8. The molecule has 0 aromatic heterocycles. The first-order chi connectivity index (χ1) is 22.3. The SMILES string of the molecule is CCCCCCCCCCCCCCOc1cc(CN(C(C)=O)c2ccc(CC3=N[C+]=C4C=CC=CN43)cc2)ccc1C(C)(C)C.[Br-]. The van der Waals surface area contributed by atoms with Crippen LogP contribution in [0.3, 0.4) is 0 Å².